The number of carbonyl (C=O) groups is 2. The van der Waals surface area contributed by atoms with Crippen LogP contribution < -0.4 is 10.5 Å². The van der Waals surface area contributed by atoms with Crippen LogP contribution in [0.5, 0.6) is 0 Å². The molecule has 2 aliphatic heterocycles. The number of carbonyl (C=O) groups excluding carboxylic acids is 2. The molecule has 0 radical (unpaired) electrons. The van der Waals surface area contributed by atoms with E-state index in [1.165, 1.54) is 11.8 Å². The number of thiocarbonyl (C=S) groups is 1. The summed E-state index contributed by atoms with van der Waals surface area (Å²) in [4.78, 5) is 43.2. The minimum Gasteiger partial charge on any atom is -0.466 e. The molecule has 204 valence electrons. The van der Waals surface area contributed by atoms with Gasteiger partial charge in [-0.15, -0.1) is 0 Å². The van der Waals surface area contributed by atoms with Crippen LogP contribution in [-0.2, 0) is 27.3 Å². The van der Waals surface area contributed by atoms with Gasteiger partial charge in [-0.2, -0.15) is 5.26 Å². The summed E-state index contributed by atoms with van der Waals surface area (Å²) >= 11 is 6.79. The van der Waals surface area contributed by atoms with Crippen molar-refractivity contribution in [2.24, 2.45) is 5.92 Å². The van der Waals surface area contributed by atoms with E-state index in [9.17, 15) is 19.6 Å². The fourth-order valence-electron chi connectivity index (χ4n) is 5.07. The number of rotatable bonds is 8. The summed E-state index contributed by atoms with van der Waals surface area (Å²) in [5.41, 5.74) is 2.02. The largest absolute Gasteiger partial charge is 0.466 e. The van der Waals surface area contributed by atoms with Crippen molar-refractivity contribution in [3.63, 3.8) is 0 Å². The third kappa shape index (κ3) is 5.94. The van der Waals surface area contributed by atoms with Gasteiger partial charge < -0.3 is 9.64 Å². The highest BCUT2D eigenvalue weighted by molar-refractivity contribution is 8.26. The van der Waals surface area contributed by atoms with Crippen molar-refractivity contribution in [1.29, 1.82) is 5.26 Å². The van der Waals surface area contributed by atoms with Gasteiger partial charge in [0.1, 0.15) is 21.8 Å². The minimum absolute atomic E-state index is 0.0628. The number of anilines is 1. The van der Waals surface area contributed by atoms with Gasteiger partial charge in [-0.25, -0.2) is 0 Å². The van der Waals surface area contributed by atoms with E-state index < -0.39 is 0 Å². The Kier molecular flexibility index (Phi) is 9.25. The van der Waals surface area contributed by atoms with Gasteiger partial charge in [0.05, 0.1) is 17.4 Å². The van der Waals surface area contributed by atoms with Gasteiger partial charge in [0.25, 0.3) is 11.5 Å². The molecule has 0 N–H and O–H groups in total. The first-order valence-electron chi connectivity index (χ1n) is 13.2. The number of thioether (sulfide) groups is 1. The molecule has 1 aromatic heterocycles. The smallest absolute Gasteiger partial charge is 0.309 e. The number of benzene rings is 1. The molecule has 3 heterocycles. The zero-order chi connectivity index (χ0) is 28.1. The average molecular weight is 565 g/mol. The number of amides is 1. The van der Waals surface area contributed by atoms with Crippen molar-refractivity contribution in [1.82, 2.24) is 9.47 Å². The van der Waals surface area contributed by atoms with Crippen LogP contribution in [0.4, 0.5) is 5.82 Å². The number of aromatic nitrogens is 1. The van der Waals surface area contributed by atoms with Crippen LogP contribution in [0.1, 0.15) is 48.9 Å². The molecule has 8 nitrogen and oxygen atoms in total. The first kappa shape index (κ1) is 28.6. The Hall–Kier alpha value is -3.42. The van der Waals surface area contributed by atoms with Crippen LogP contribution >= 0.6 is 24.0 Å². The second-order valence-corrected chi connectivity index (χ2v) is 11.2. The van der Waals surface area contributed by atoms with Gasteiger partial charge >= 0.3 is 5.97 Å². The molecule has 1 amide bonds. The molecule has 0 spiro atoms. The van der Waals surface area contributed by atoms with E-state index in [0.717, 1.165) is 5.56 Å². The lowest BCUT2D eigenvalue weighted by molar-refractivity contribution is -0.148. The van der Waals surface area contributed by atoms with E-state index >= 15 is 0 Å². The van der Waals surface area contributed by atoms with Crippen molar-refractivity contribution in [2.75, 3.05) is 31.1 Å². The molecular formula is C29H32N4O4S2. The van der Waals surface area contributed by atoms with Crippen LogP contribution in [0.25, 0.3) is 6.08 Å². The summed E-state index contributed by atoms with van der Waals surface area (Å²) in [5, 5.41) is 9.82. The Morgan fingerprint density at radius 1 is 1.21 bits per heavy atom. The fraction of sp³-hybridized carbons (Fsp3) is 0.414. The molecule has 2 fully saturated rings. The summed E-state index contributed by atoms with van der Waals surface area (Å²) < 4.78 is 7.30. The van der Waals surface area contributed by atoms with Crippen LogP contribution in [0.2, 0.25) is 0 Å². The summed E-state index contributed by atoms with van der Waals surface area (Å²) in [6, 6.07) is 12.0. The Labute approximate surface area is 238 Å². The molecule has 0 aliphatic carbocycles. The molecule has 0 saturated carbocycles. The highest BCUT2D eigenvalue weighted by Crippen LogP contribution is 2.37. The lowest BCUT2D eigenvalue weighted by Gasteiger charge is -2.35. The number of hydrogen-bond acceptors (Lipinski definition) is 8. The molecule has 2 aromatic rings. The van der Waals surface area contributed by atoms with Crippen molar-refractivity contribution in [2.45, 2.75) is 46.6 Å². The van der Waals surface area contributed by atoms with E-state index in [4.69, 9.17) is 17.0 Å². The molecule has 0 atom stereocenters. The normalized spacial score (nSPS) is 17.1. The molecule has 2 aliphatic rings. The monoisotopic (exact) mass is 564 g/mol. The van der Waals surface area contributed by atoms with Crippen molar-refractivity contribution < 1.29 is 14.3 Å². The molecule has 4 rings (SSSR count). The zero-order valence-electron chi connectivity index (χ0n) is 22.4. The van der Waals surface area contributed by atoms with E-state index in [-0.39, 0.29) is 28.9 Å². The summed E-state index contributed by atoms with van der Waals surface area (Å²) in [6.45, 7) is 7.67. The minimum atomic E-state index is -0.354. The first-order valence-corrected chi connectivity index (χ1v) is 14.4. The molecule has 0 unspecified atom stereocenters. The van der Waals surface area contributed by atoms with Gasteiger partial charge in [-0.05, 0) is 57.2 Å². The third-order valence-corrected chi connectivity index (χ3v) is 8.57. The number of ether oxygens (including phenoxy) is 1. The zero-order valence-corrected chi connectivity index (χ0v) is 24.1. The van der Waals surface area contributed by atoms with Crippen molar-refractivity contribution in [3.05, 3.63) is 67.8 Å². The molecular weight excluding hydrogens is 532 g/mol. The van der Waals surface area contributed by atoms with Gasteiger partial charge in [-0.3, -0.25) is 23.9 Å². The average Bonchev–Trinajstić information content (AvgIpc) is 3.21. The third-order valence-electron chi connectivity index (χ3n) is 7.19. The van der Waals surface area contributed by atoms with E-state index in [1.54, 1.807) is 29.4 Å². The van der Waals surface area contributed by atoms with E-state index in [1.807, 2.05) is 37.3 Å². The maximum absolute atomic E-state index is 13.4. The summed E-state index contributed by atoms with van der Waals surface area (Å²) in [5.74, 6) is 0.100. The van der Waals surface area contributed by atoms with Gasteiger partial charge in [-0.1, -0.05) is 54.3 Å². The molecule has 10 heteroatoms. The van der Waals surface area contributed by atoms with Crippen molar-refractivity contribution in [3.8, 4) is 6.07 Å². The van der Waals surface area contributed by atoms with Crippen LogP contribution in [-0.4, -0.2) is 51.9 Å². The second-order valence-electron chi connectivity index (χ2n) is 9.48. The van der Waals surface area contributed by atoms with Gasteiger partial charge in [0.15, 0.2) is 0 Å². The fourth-order valence-corrected chi connectivity index (χ4v) is 6.37. The van der Waals surface area contributed by atoms with Crippen LogP contribution in [0, 0.1) is 24.2 Å². The predicted octanol–water partition coefficient (Wildman–Crippen LogP) is 4.27. The Balaban J connectivity index is 1.69. The maximum Gasteiger partial charge on any atom is 0.309 e. The highest BCUT2D eigenvalue weighted by Gasteiger charge is 2.34. The number of nitrogens with zero attached hydrogens (tertiary/aromatic N) is 4. The molecule has 0 bridgehead atoms. The highest BCUT2D eigenvalue weighted by atomic mass is 32.2. The van der Waals surface area contributed by atoms with Crippen LogP contribution in [0.15, 0.2) is 40.0 Å². The molecule has 39 heavy (non-hydrogen) atoms. The first-order chi connectivity index (χ1) is 18.8. The standard InChI is InChI=1S/C29H32N4O4S2/c1-4-32-25(31-14-12-21(13-15-31)28(36)37-5-2)22(19(3)23(18-30)26(32)34)17-24-27(35)33(29(38)39-24)16-11-20-9-7-6-8-10-20/h6-10,17,21H,4-5,11-16H2,1-3H3. The second kappa shape index (κ2) is 12.6. The quantitative estimate of drug-likeness (QED) is 0.267. The van der Waals surface area contributed by atoms with E-state index in [2.05, 4.69) is 11.0 Å². The lowest BCUT2D eigenvalue weighted by atomic mass is 9.95. The van der Waals surface area contributed by atoms with Gasteiger partial charge in [0.2, 0.25) is 0 Å². The van der Waals surface area contributed by atoms with E-state index in [0.29, 0.717) is 78.2 Å². The van der Waals surface area contributed by atoms with Crippen LogP contribution in [0.3, 0.4) is 0 Å². The maximum atomic E-state index is 13.4. The summed E-state index contributed by atoms with van der Waals surface area (Å²) in [6.07, 6.45) is 3.64. The number of hydrogen-bond donors (Lipinski definition) is 0. The topological polar surface area (TPSA) is 95.6 Å². The predicted molar refractivity (Wildman–Crippen MR) is 157 cm³/mol. The van der Waals surface area contributed by atoms with Crippen molar-refractivity contribution >= 4 is 52.1 Å². The lowest BCUT2D eigenvalue weighted by Crippen LogP contribution is -2.41. The number of pyridine rings is 1. The molecule has 2 saturated heterocycles. The van der Waals surface area contributed by atoms with Gasteiger partial charge in [0, 0.05) is 31.7 Å². The number of nitriles is 1. The Morgan fingerprint density at radius 2 is 1.90 bits per heavy atom. The number of esters is 1. The Bertz CT molecular complexity index is 1400. The Morgan fingerprint density at radius 3 is 2.51 bits per heavy atom. The number of piperidine rings is 1. The molecule has 1 aromatic carbocycles. The summed E-state index contributed by atoms with van der Waals surface area (Å²) in [7, 11) is 0. The SMILES string of the molecule is CCOC(=O)C1CCN(c2c(C=C3SC(=S)N(CCc4ccccc4)C3=O)c(C)c(C#N)c(=O)n2CC)CC1.